The predicted molar refractivity (Wildman–Crippen MR) is 129 cm³/mol. The highest BCUT2D eigenvalue weighted by Crippen LogP contribution is 2.35. The molecule has 6 nitrogen and oxygen atoms in total. The van der Waals surface area contributed by atoms with Gasteiger partial charge in [0.15, 0.2) is 9.84 Å². The minimum absolute atomic E-state index is 0.0279. The molecule has 1 aliphatic heterocycles. The van der Waals surface area contributed by atoms with E-state index in [9.17, 15) is 13.2 Å². The van der Waals surface area contributed by atoms with E-state index in [0.29, 0.717) is 34.4 Å². The van der Waals surface area contributed by atoms with Gasteiger partial charge in [0.2, 0.25) is 5.91 Å². The number of halogens is 2. The molecule has 3 aromatic rings. The molecule has 1 aromatic heterocycles. The van der Waals surface area contributed by atoms with E-state index in [4.69, 9.17) is 28.2 Å². The van der Waals surface area contributed by atoms with Gasteiger partial charge in [-0.15, -0.1) is 0 Å². The molecular formula is C23H25Cl2N3O3S. The average Bonchev–Trinajstić information content (AvgIpc) is 3.30. The first-order chi connectivity index (χ1) is 15.3. The number of rotatable bonds is 7. The maximum absolute atomic E-state index is 13.5. The first-order valence-electron chi connectivity index (χ1n) is 10.7. The Morgan fingerprint density at radius 3 is 2.69 bits per heavy atom. The van der Waals surface area contributed by atoms with Crippen LogP contribution in [-0.2, 0) is 21.2 Å². The lowest BCUT2D eigenvalue weighted by Gasteiger charge is -2.29. The first kappa shape index (κ1) is 23.1. The summed E-state index contributed by atoms with van der Waals surface area (Å²) in [5.41, 5.74) is 2.20. The van der Waals surface area contributed by atoms with Crippen LogP contribution in [-0.4, -0.2) is 52.9 Å². The fourth-order valence-electron chi connectivity index (χ4n) is 4.20. The molecule has 32 heavy (non-hydrogen) atoms. The maximum atomic E-state index is 13.5. The third kappa shape index (κ3) is 4.65. The molecule has 0 spiro atoms. The number of hydrogen-bond donors (Lipinski definition) is 0. The van der Waals surface area contributed by atoms with Gasteiger partial charge in [0.05, 0.1) is 32.6 Å². The molecule has 0 saturated carbocycles. The summed E-state index contributed by atoms with van der Waals surface area (Å²) in [4.78, 5) is 20.0. The molecule has 1 aliphatic rings. The van der Waals surface area contributed by atoms with Crippen molar-refractivity contribution in [2.45, 2.75) is 38.8 Å². The van der Waals surface area contributed by atoms with Crippen molar-refractivity contribution in [3.63, 3.8) is 0 Å². The van der Waals surface area contributed by atoms with Crippen LogP contribution in [0.4, 0.5) is 0 Å². The lowest BCUT2D eigenvalue weighted by atomic mass is 10.2. The van der Waals surface area contributed by atoms with Crippen molar-refractivity contribution in [3.8, 4) is 11.4 Å². The van der Waals surface area contributed by atoms with Crippen LogP contribution < -0.4 is 0 Å². The Labute approximate surface area is 198 Å². The van der Waals surface area contributed by atoms with Gasteiger partial charge in [0, 0.05) is 18.2 Å². The van der Waals surface area contributed by atoms with E-state index in [1.807, 2.05) is 34.9 Å². The highest BCUT2D eigenvalue weighted by Gasteiger charge is 2.34. The number of carbonyl (C=O) groups is 1. The zero-order valence-electron chi connectivity index (χ0n) is 17.8. The molecule has 0 N–H and O–H groups in total. The first-order valence-corrected chi connectivity index (χ1v) is 13.3. The second-order valence-electron chi connectivity index (χ2n) is 8.11. The van der Waals surface area contributed by atoms with Crippen LogP contribution in [0.5, 0.6) is 0 Å². The van der Waals surface area contributed by atoms with Crippen molar-refractivity contribution < 1.29 is 13.2 Å². The molecule has 0 bridgehead atoms. The minimum atomic E-state index is -3.10. The van der Waals surface area contributed by atoms with Crippen LogP contribution in [0, 0.1) is 0 Å². The Kier molecular flexibility index (Phi) is 6.79. The molecule has 2 heterocycles. The van der Waals surface area contributed by atoms with Crippen molar-refractivity contribution in [2.24, 2.45) is 0 Å². The van der Waals surface area contributed by atoms with Crippen LogP contribution in [0.15, 0.2) is 42.5 Å². The summed E-state index contributed by atoms with van der Waals surface area (Å²) in [7, 11) is -3.10. The van der Waals surface area contributed by atoms with Gasteiger partial charge < -0.3 is 9.47 Å². The third-order valence-electron chi connectivity index (χ3n) is 5.86. The highest BCUT2D eigenvalue weighted by atomic mass is 35.5. The standard InChI is InChI=1S/C23H25Cl2N3O3S/c1-2-3-12-27(16-11-13-32(30,31)15-16)21(29)14-28-20-10-5-4-9-19(20)26-23(28)17-7-6-8-18(24)22(17)25/h4-10,16H,2-3,11-15H2,1H3. The molecule has 0 radical (unpaired) electrons. The SMILES string of the molecule is CCCCN(C(=O)Cn1c(-c2cccc(Cl)c2Cl)nc2ccccc21)C1CCS(=O)(=O)C1. The molecule has 0 aliphatic carbocycles. The number of benzene rings is 2. The number of fused-ring (bicyclic) bond motifs is 1. The van der Waals surface area contributed by atoms with E-state index < -0.39 is 9.84 Å². The van der Waals surface area contributed by atoms with Gasteiger partial charge in [-0.1, -0.05) is 54.7 Å². The Balaban J connectivity index is 1.74. The van der Waals surface area contributed by atoms with Gasteiger partial charge >= 0.3 is 0 Å². The average molecular weight is 494 g/mol. The fraction of sp³-hybridized carbons (Fsp3) is 0.391. The number of amides is 1. The van der Waals surface area contributed by atoms with Gasteiger partial charge in [-0.2, -0.15) is 0 Å². The molecular weight excluding hydrogens is 469 g/mol. The number of nitrogens with zero attached hydrogens (tertiary/aromatic N) is 3. The third-order valence-corrected chi connectivity index (χ3v) is 8.43. The summed E-state index contributed by atoms with van der Waals surface area (Å²) in [6.07, 6.45) is 2.22. The van der Waals surface area contributed by atoms with Gasteiger partial charge in [0.25, 0.3) is 0 Å². The Hall–Kier alpha value is -2.09. The Morgan fingerprint density at radius 2 is 1.97 bits per heavy atom. The van der Waals surface area contributed by atoms with E-state index in [-0.39, 0.29) is 30.0 Å². The molecule has 4 rings (SSSR count). The molecule has 1 fully saturated rings. The number of para-hydroxylation sites is 2. The monoisotopic (exact) mass is 493 g/mol. The van der Waals surface area contributed by atoms with Crippen LogP contribution in [0.25, 0.3) is 22.4 Å². The zero-order chi connectivity index (χ0) is 22.9. The number of aromatic nitrogens is 2. The normalized spacial score (nSPS) is 17.7. The molecule has 170 valence electrons. The zero-order valence-corrected chi connectivity index (χ0v) is 20.1. The predicted octanol–water partition coefficient (Wildman–Crippen LogP) is 4.83. The summed E-state index contributed by atoms with van der Waals surface area (Å²) in [6, 6.07) is 12.6. The van der Waals surface area contributed by atoms with Crippen molar-refractivity contribution >= 4 is 50.0 Å². The number of imidazole rings is 1. The van der Waals surface area contributed by atoms with Gasteiger partial charge in [-0.3, -0.25) is 4.79 Å². The number of sulfone groups is 1. The summed E-state index contributed by atoms with van der Waals surface area (Å²) in [5.74, 6) is 0.593. The van der Waals surface area contributed by atoms with E-state index in [1.54, 1.807) is 17.0 Å². The Bertz CT molecular complexity index is 1260. The smallest absolute Gasteiger partial charge is 0.242 e. The highest BCUT2D eigenvalue weighted by molar-refractivity contribution is 7.91. The molecule has 1 saturated heterocycles. The van der Waals surface area contributed by atoms with Gasteiger partial charge in [-0.25, -0.2) is 13.4 Å². The van der Waals surface area contributed by atoms with Gasteiger partial charge in [-0.05, 0) is 37.1 Å². The van der Waals surface area contributed by atoms with Crippen LogP contribution in [0.3, 0.4) is 0 Å². The molecule has 2 aromatic carbocycles. The van der Waals surface area contributed by atoms with Crippen molar-refractivity contribution in [1.82, 2.24) is 14.5 Å². The number of unbranched alkanes of at least 4 members (excludes halogenated alkanes) is 1. The lowest BCUT2D eigenvalue weighted by Crippen LogP contribution is -2.43. The fourth-order valence-corrected chi connectivity index (χ4v) is 6.32. The van der Waals surface area contributed by atoms with Crippen LogP contribution in [0.2, 0.25) is 10.0 Å². The molecule has 1 unspecified atom stereocenters. The lowest BCUT2D eigenvalue weighted by molar-refractivity contribution is -0.133. The van der Waals surface area contributed by atoms with Gasteiger partial charge in [0.1, 0.15) is 12.4 Å². The summed E-state index contributed by atoms with van der Waals surface area (Å²) >= 11 is 12.7. The van der Waals surface area contributed by atoms with Crippen molar-refractivity contribution in [3.05, 3.63) is 52.5 Å². The van der Waals surface area contributed by atoms with E-state index >= 15 is 0 Å². The Morgan fingerprint density at radius 1 is 1.19 bits per heavy atom. The molecule has 1 atom stereocenters. The number of carbonyl (C=O) groups excluding carboxylic acids is 1. The quantitative estimate of drug-likeness (QED) is 0.472. The second-order valence-corrected chi connectivity index (χ2v) is 11.1. The summed E-state index contributed by atoms with van der Waals surface area (Å²) in [6.45, 7) is 2.63. The summed E-state index contributed by atoms with van der Waals surface area (Å²) < 4.78 is 26.0. The van der Waals surface area contributed by atoms with Crippen molar-refractivity contribution in [2.75, 3.05) is 18.1 Å². The van der Waals surface area contributed by atoms with Crippen LogP contribution >= 0.6 is 23.2 Å². The molecule has 9 heteroatoms. The van der Waals surface area contributed by atoms with E-state index in [1.165, 1.54) is 0 Å². The van der Waals surface area contributed by atoms with E-state index in [2.05, 4.69) is 6.92 Å². The van der Waals surface area contributed by atoms with Crippen molar-refractivity contribution in [1.29, 1.82) is 0 Å². The number of hydrogen-bond acceptors (Lipinski definition) is 4. The largest absolute Gasteiger partial charge is 0.337 e. The molecule has 1 amide bonds. The summed E-state index contributed by atoms with van der Waals surface area (Å²) in [5, 5.41) is 0.790. The van der Waals surface area contributed by atoms with E-state index in [0.717, 1.165) is 23.9 Å². The van der Waals surface area contributed by atoms with Crippen LogP contribution in [0.1, 0.15) is 26.2 Å². The maximum Gasteiger partial charge on any atom is 0.242 e. The second kappa shape index (κ2) is 9.41. The minimum Gasteiger partial charge on any atom is -0.337 e. The topological polar surface area (TPSA) is 72.3 Å².